The molecule has 1 aliphatic heterocycles. The van der Waals surface area contributed by atoms with Gasteiger partial charge in [-0.3, -0.25) is 0 Å². The zero-order valence-corrected chi connectivity index (χ0v) is 6.09. The number of esters is 1. The van der Waals surface area contributed by atoms with Crippen molar-refractivity contribution in [2.45, 2.75) is 25.7 Å². The molecule has 0 N–H and O–H groups in total. The molecule has 1 saturated heterocycles. The van der Waals surface area contributed by atoms with E-state index >= 15 is 0 Å². The molecule has 0 aromatic rings. The number of ether oxygens (including phenoxy) is 2. The Morgan fingerprint density at radius 3 is 2.70 bits per heavy atom. The highest BCUT2D eigenvalue weighted by atomic mass is 16.8. The summed E-state index contributed by atoms with van der Waals surface area (Å²) in [5.74, 6) is -1.13. The molecule has 1 fully saturated rings. The van der Waals surface area contributed by atoms with Crippen molar-refractivity contribution in [1.82, 2.24) is 0 Å². The maximum Gasteiger partial charge on any atom is 0.332 e. The number of carbonyl (C=O) groups is 1. The first-order valence-corrected chi connectivity index (χ1v) is 3.12. The van der Waals surface area contributed by atoms with E-state index in [-0.39, 0.29) is 6.10 Å². The molecule has 3 heteroatoms. The lowest BCUT2D eigenvalue weighted by Crippen LogP contribution is -2.17. The van der Waals surface area contributed by atoms with Crippen LogP contribution in [0, 0.1) is 0 Å². The number of hydrogen-bond acceptors (Lipinski definition) is 3. The van der Waals surface area contributed by atoms with Crippen LogP contribution in [-0.2, 0) is 14.3 Å². The maximum atomic E-state index is 10.6. The smallest absolute Gasteiger partial charge is 0.332 e. The van der Waals surface area contributed by atoms with Crippen LogP contribution in [0.25, 0.3) is 0 Å². The first kappa shape index (κ1) is 7.28. The summed E-state index contributed by atoms with van der Waals surface area (Å²) in [6.07, 6.45) is 1.14. The van der Waals surface area contributed by atoms with Crippen molar-refractivity contribution < 1.29 is 14.3 Å². The molecule has 1 rings (SSSR count). The van der Waals surface area contributed by atoms with Crippen LogP contribution in [0.2, 0.25) is 0 Å². The topological polar surface area (TPSA) is 38.8 Å². The fourth-order valence-corrected chi connectivity index (χ4v) is 0.665. The number of rotatable bonds is 2. The summed E-state index contributed by atoms with van der Waals surface area (Å²) >= 11 is 0. The summed E-state index contributed by atoms with van der Waals surface area (Å²) < 4.78 is 9.82. The second-order valence-corrected chi connectivity index (χ2v) is 2.40. The van der Waals surface area contributed by atoms with E-state index in [2.05, 4.69) is 6.58 Å². The van der Waals surface area contributed by atoms with Gasteiger partial charge in [0.05, 0.1) is 0 Å². The van der Waals surface area contributed by atoms with Crippen molar-refractivity contribution >= 4 is 5.97 Å². The Morgan fingerprint density at radius 1 is 1.90 bits per heavy atom. The highest BCUT2D eigenvalue weighted by Gasteiger charge is 2.52. The molecule has 0 amide bonds. The summed E-state index contributed by atoms with van der Waals surface area (Å²) in [5, 5.41) is 0. The summed E-state index contributed by atoms with van der Waals surface area (Å²) in [7, 11) is 0. The van der Waals surface area contributed by atoms with Gasteiger partial charge >= 0.3 is 5.97 Å². The van der Waals surface area contributed by atoms with E-state index in [1.165, 1.54) is 0 Å². The lowest BCUT2D eigenvalue weighted by molar-refractivity contribution is -0.150. The lowest BCUT2D eigenvalue weighted by atomic mass is 10.3. The average molecular weight is 142 g/mol. The monoisotopic (exact) mass is 142 g/mol. The zero-order valence-electron chi connectivity index (χ0n) is 6.09. The third-order valence-corrected chi connectivity index (χ3v) is 1.56. The predicted octanol–water partition coefficient (Wildman–Crippen LogP) is 0.850. The van der Waals surface area contributed by atoms with Crippen LogP contribution in [-0.4, -0.2) is 17.9 Å². The minimum Gasteiger partial charge on any atom is -0.427 e. The highest BCUT2D eigenvalue weighted by molar-refractivity contribution is 5.81. The van der Waals surface area contributed by atoms with E-state index in [0.717, 1.165) is 6.08 Å². The average Bonchev–Trinajstić information content (AvgIpc) is 2.40. The zero-order chi connectivity index (χ0) is 7.78. The third-order valence-electron chi connectivity index (χ3n) is 1.56. The quantitative estimate of drug-likeness (QED) is 0.326. The van der Waals surface area contributed by atoms with Gasteiger partial charge in [-0.25, -0.2) is 4.79 Å². The van der Waals surface area contributed by atoms with Gasteiger partial charge in [-0.15, -0.1) is 0 Å². The Hall–Kier alpha value is -0.830. The van der Waals surface area contributed by atoms with Crippen LogP contribution in [0.15, 0.2) is 12.7 Å². The van der Waals surface area contributed by atoms with E-state index in [1.54, 1.807) is 6.92 Å². The van der Waals surface area contributed by atoms with E-state index in [0.29, 0.717) is 0 Å². The van der Waals surface area contributed by atoms with Crippen LogP contribution in [0.4, 0.5) is 0 Å². The largest absolute Gasteiger partial charge is 0.427 e. The summed E-state index contributed by atoms with van der Waals surface area (Å²) in [6.45, 7) is 6.83. The second-order valence-electron chi connectivity index (χ2n) is 2.40. The molecule has 1 aliphatic rings. The molecule has 0 aliphatic carbocycles. The molecule has 0 spiro atoms. The summed E-state index contributed by atoms with van der Waals surface area (Å²) in [6, 6.07) is 0. The third kappa shape index (κ3) is 1.19. The van der Waals surface area contributed by atoms with Crippen molar-refractivity contribution in [2.24, 2.45) is 0 Å². The van der Waals surface area contributed by atoms with E-state index < -0.39 is 11.8 Å². The molecule has 2 atom stereocenters. The van der Waals surface area contributed by atoms with Gasteiger partial charge in [-0.1, -0.05) is 6.58 Å². The standard InChI is InChI=1S/C7H10O3/c1-4-6(8)10-7(3)5(2)9-7/h4-5H,1H2,2-3H3. The first-order valence-electron chi connectivity index (χ1n) is 3.12. The fourth-order valence-electron chi connectivity index (χ4n) is 0.665. The molecule has 0 aromatic heterocycles. The van der Waals surface area contributed by atoms with Crippen LogP contribution in [0.5, 0.6) is 0 Å². The minimum atomic E-state index is -0.689. The van der Waals surface area contributed by atoms with Crippen molar-refractivity contribution in [2.75, 3.05) is 0 Å². The molecule has 1 heterocycles. The van der Waals surface area contributed by atoms with Crippen molar-refractivity contribution in [3.8, 4) is 0 Å². The summed E-state index contributed by atoms with van der Waals surface area (Å²) in [5.41, 5.74) is 0. The molecule has 10 heavy (non-hydrogen) atoms. The number of hydrogen-bond donors (Lipinski definition) is 0. The van der Waals surface area contributed by atoms with Gasteiger partial charge in [0.1, 0.15) is 6.10 Å². The van der Waals surface area contributed by atoms with Gasteiger partial charge in [0.2, 0.25) is 5.79 Å². The maximum absolute atomic E-state index is 10.6. The Bertz CT molecular complexity index is 176. The lowest BCUT2D eigenvalue weighted by Gasteiger charge is -2.04. The van der Waals surface area contributed by atoms with Gasteiger partial charge in [-0.2, -0.15) is 0 Å². The Kier molecular flexibility index (Phi) is 1.52. The molecule has 0 aromatic carbocycles. The molecule has 3 nitrogen and oxygen atoms in total. The van der Waals surface area contributed by atoms with Crippen LogP contribution >= 0.6 is 0 Å². The van der Waals surface area contributed by atoms with Crippen LogP contribution in [0.3, 0.4) is 0 Å². The van der Waals surface area contributed by atoms with E-state index in [4.69, 9.17) is 9.47 Å². The Morgan fingerprint density at radius 2 is 2.40 bits per heavy atom. The minimum absolute atomic E-state index is 0.0106. The normalized spacial score (nSPS) is 36.8. The van der Waals surface area contributed by atoms with Crippen molar-refractivity contribution in [1.29, 1.82) is 0 Å². The molecular formula is C7H10O3. The molecule has 2 unspecified atom stereocenters. The van der Waals surface area contributed by atoms with Gasteiger partial charge < -0.3 is 9.47 Å². The van der Waals surface area contributed by atoms with E-state index in [9.17, 15) is 4.79 Å². The SMILES string of the molecule is C=CC(=O)OC1(C)OC1C. The van der Waals surface area contributed by atoms with Gasteiger partial charge in [0.15, 0.2) is 0 Å². The van der Waals surface area contributed by atoms with Gasteiger partial charge in [0, 0.05) is 13.0 Å². The molecular weight excluding hydrogens is 132 g/mol. The van der Waals surface area contributed by atoms with Crippen molar-refractivity contribution in [3.05, 3.63) is 12.7 Å². The Balaban J connectivity index is 2.40. The van der Waals surface area contributed by atoms with Crippen molar-refractivity contribution in [3.63, 3.8) is 0 Å². The predicted molar refractivity (Wildman–Crippen MR) is 35.2 cm³/mol. The number of carbonyl (C=O) groups excluding carboxylic acids is 1. The Labute approximate surface area is 59.6 Å². The van der Waals surface area contributed by atoms with Gasteiger partial charge in [-0.05, 0) is 6.92 Å². The van der Waals surface area contributed by atoms with Crippen LogP contribution < -0.4 is 0 Å². The molecule has 56 valence electrons. The number of epoxide rings is 1. The fraction of sp³-hybridized carbons (Fsp3) is 0.571. The first-order chi connectivity index (χ1) is 4.58. The highest BCUT2D eigenvalue weighted by Crippen LogP contribution is 2.36. The van der Waals surface area contributed by atoms with Gasteiger partial charge in [0.25, 0.3) is 0 Å². The summed E-state index contributed by atoms with van der Waals surface area (Å²) in [4.78, 5) is 10.6. The molecule has 0 radical (unpaired) electrons. The molecule has 0 bridgehead atoms. The molecule has 0 saturated carbocycles. The van der Waals surface area contributed by atoms with E-state index in [1.807, 2.05) is 6.92 Å². The van der Waals surface area contributed by atoms with Crippen LogP contribution in [0.1, 0.15) is 13.8 Å². The second kappa shape index (κ2) is 2.09.